The summed E-state index contributed by atoms with van der Waals surface area (Å²) in [6.45, 7) is 8.72. The fraction of sp³-hybridized carbons (Fsp3) is 0.176. The second-order valence-electron chi connectivity index (χ2n) is 4.38. The van der Waals surface area contributed by atoms with Gasteiger partial charge in [-0.25, -0.2) is 4.79 Å². The first-order valence-electron chi connectivity index (χ1n) is 6.57. The molecule has 0 bridgehead atoms. The molecule has 0 aliphatic heterocycles. The van der Waals surface area contributed by atoms with Crippen LogP contribution in [-0.2, 0) is 4.79 Å². The van der Waals surface area contributed by atoms with E-state index in [0.29, 0.717) is 24.4 Å². The van der Waals surface area contributed by atoms with Gasteiger partial charge in [0.05, 0.1) is 7.11 Å². The van der Waals surface area contributed by atoms with E-state index in [9.17, 15) is 4.79 Å². The minimum Gasteiger partial charge on any atom is -0.496 e. The van der Waals surface area contributed by atoms with Crippen molar-refractivity contribution in [3.05, 3.63) is 54.6 Å². The van der Waals surface area contributed by atoms with Crippen LogP contribution in [0.1, 0.15) is 5.56 Å². The van der Waals surface area contributed by atoms with E-state index in [2.05, 4.69) is 13.2 Å². The zero-order valence-corrected chi connectivity index (χ0v) is 12.5. The average molecular weight is 298 g/mol. The number of methoxy groups -OCH3 is 1. The molecule has 1 N–H and O–H groups in total. The topological polar surface area (TPSA) is 73.6 Å². The first-order valence-corrected chi connectivity index (χ1v) is 6.57. The Balaban J connectivity index is 3.26. The highest BCUT2D eigenvalue weighted by Crippen LogP contribution is 2.27. The maximum absolute atomic E-state index is 10.9. The number of carbonyl (C=O) groups is 1. The zero-order valence-electron chi connectivity index (χ0n) is 12.5. The van der Waals surface area contributed by atoms with Gasteiger partial charge in [0, 0.05) is 30.4 Å². The van der Waals surface area contributed by atoms with E-state index in [4.69, 9.17) is 15.1 Å². The fourth-order valence-electron chi connectivity index (χ4n) is 1.91. The third-order valence-electron chi connectivity index (χ3n) is 2.93. The number of hydrogen-bond donors (Lipinski definition) is 1. The van der Waals surface area contributed by atoms with Crippen molar-refractivity contribution >= 4 is 17.7 Å². The molecule has 0 unspecified atom stereocenters. The van der Waals surface area contributed by atoms with Crippen LogP contribution in [0.4, 0.5) is 5.69 Å². The molecule has 1 rings (SSSR count). The van der Waals surface area contributed by atoms with E-state index in [-0.39, 0.29) is 5.57 Å². The molecule has 0 spiro atoms. The van der Waals surface area contributed by atoms with E-state index < -0.39 is 5.97 Å². The van der Waals surface area contributed by atoms with Crippen LogP contribution in [-0.4, -0.2) is 31.3 Å². The number of nitrogens with zero attached hydrogens (tertiary/aromatic N) is 2. The molecule has 5 nitrogen and oxygen atoms in total. The van der Waals surface area contributed by atoms with Crippen molar-refractivity contribution in [1.29, 1.82) is 5.26 Å². The molecular weight excluding hydrogens is 280 g/mol. The molecule has 0 saturated heterocycles. The Bertz CT molecular complexity index is 632. The van der Waals surface area contributed by atoms with Crippen LogP contribution in [0.3, 0.4) is 0 Å². The van der Waals surface area contributed by atoms with Crippen LogP contribution < -0.4 is 9.64 Å². The Kier molecular flexibility index (Phi) is 6.45. The lowest BCUT2D eigenvalue weighted by Crippen LogP contribution is -2.23. The Hall–Kier alpha value is -3.00. The van der Waals surface area contributed by atoms with Crippen molar-refractivity contribution in [3.63, 3.8) is 0 Å². The Morgan fingerprint density at radius 2 is 2.05 bits per heavy atom. The summed E-state index contributed by atoms with van der Waals surface area (Å²) in [6.07, 6.45) is 4.85. The molecule has 1 aromatic carbocycles. The van der Waals surface area contributed by atoms with Gasteiger partial charge in [0.2, 0.25) is 0 Å². The number of aliphatic carboxylic acids is 1. The highest BCUT2D eigenvalue weighted by molar-refractivity contribution is 5.97. The van der Waals surface area contributed by atoms with Crippen molar-refractivity contribution < 1.29 is 14.6 Å². The van der Waals surface area contributed by atoms with Gasteiger partial charge in [-0.1, -0.05) is 12.2 Å². The molecule has 5 heteroatoms. The first-order chi connectivity index (χ1) is 10.6. The second kappa shape index (κ2) is 8.32. The Labute approximate surface area is 130 Å². The number of rotatable bonds is 8. The first kappa shape index (κ1) is 17.1. The zero-order chi connectivity index (χ0) is 16.5. The van der Waals surface area contributed by atoms with Crippen molar-refractivity contribution in [3.8, 4) is 11.8 Å². The number of anilines is 1. The van der Waals surface area contributed by atoms with E-state index in [1.165, 1.54) is 13.2 Å². The summed E-state index contributed by atoms with van der Waals surface area (Å²) in [5, 5.41) is 17.8. The lowest BCUT2D eigenvalue weighted by atomic mass is 10.1. The van der Waals surface area contributed by atoms with Crippen LogP contribution in [0.25, 0.3) is 6.08 Å². The number of carboxylic acid groups (broad SMARTS) is 1. The predicted molar refractivity (Wildman–Crippen MR) is 86.8 cm³/mol. The van der Waals surface area contributed by atoms with Gasteiger partial charge < -0.3 is 14.7 Å². The molecule has 0 aromatic heterocycles. The summed E-state index contributed by atoms with van der Waals surface area (Å²) in [4.78, 5) is 12.9. The minimum absolute atomic E-state index is 0.347. The highest BCUT2D eigenvalue weighted by Gasteiger charge is 2.11. The SMILES string of the molecule is C=CCN(CC=C)c1ccc(C=C(C#N)C(=O)O)c(OC)c1. The molecule has 0 saturated carbocycles. The summed E-state index contributed by atoms with van der Waals surface area (Å²) >= 11 is 0. The van der Waals surface area contributed by atoms with Crippen molar-refractivity contribution in [2.24, 2.45) is 0 Å². The van der Waals surface area contributed by atoms with Crippen LogP contribution in [0.15, 0.2) is 49.1 Å². The summed E-state index contributed by atoms with van der Waals surface area (Å²) in [7, 11) is 1.49. The molecular formula is C17H18N2O3. The molecule has 22 heavy (non-hydrogen) atoms. The lowest BCUT2D eigenvalue weighted by Gasteiger charge is -2.22. The minimum atomic E-state index is -1.27. The summed E-state index contributed by atoms with van der Waals surface area (Å²) in [6, 6.07) is 6.98. The molecule has 114 valence electrons. The Morgan fingerprint density at radius 3 is 2.50 bits per heavy atom. The third kappa shape index (κ3) is 4.25. The summed E-state index contributed by atoms with van der Waals surface area (Å²) in [5.41, 5.74) is 1.07. The molecule has 1 aromatic rings. The highest BCUT2D eigenvalue weighted by atomic mass is 16.5. The molecule has 0 fully saturated rings. The average Bonchev–Trinajstić information content (AvgIpc) is 2.52. The number of ether oxygens (including phenoxy) is 1. The molecule has 0 aliphatic carbocycles. The molecule has 0 atom stereocenters. The molecule has 0 amide bonds. The number of nitriles is 1. The van der Waals surface area contributed by atoms with E-state index in [1.54, 1.807) is 30.4 Å². The van der Waals surface area contributed by atoms with Gasteiger partial charge in [-0.2, -0.15) is 5.26 Å². The van der Waals surface area contributed by atoms with Crippen molar-refractivity contribution in [2.75, 3.05) is 25.1 Å². The van der Waals surface area contributed by atoms with Gasteiger partial charge in [0.1, 0.15) is 17.4 Å². The van der Waals surface area contributed by atoms with Gasteiger partial charge in [-0.15, -0.1) is 13.2 Å². The van der Waals surface area contributed by atoms with E-state index in [1.807, 2.05) is 11.0 Å². The Morgan fingerprint density at radius 1 is 1.41 bits per heavy atom. The van der Waals surface area contributed by atoms with Gasteiger partial charge in [-0.3, -0.25) is 0 Å². The van der Waals surface area contributed by atoms with Crippen LogP contribution in [0.5, 0.6) is 5.75 Å². The smallest absolute Gasteiger partial charge is 0.346 e. The maximum atomic E-state index is 10.9. The standard InChI is InChI=1S/C17H18N2O3/c1-4-8-19(9-5-2)15-7-6-13(16(11-15)22-3)10-14(12-18)17(20)21/h4-7,10-11H,1-2,8-9H2,3H3,(H,20,21). The van der Waals surface area contributed by atoms with E-state index in [0.717, 1.165) is 5.69 Å². The number of carboxylic acids is 1. The monoisotopic (exact) mass is 298 g/mol. The van der Waals surface area contributed by atoms with Gasteiger partial charge in [-0.05, 0) is 18.2 Å². The third-order valence-corrected chi connectivity index (χ3v) is 2.93. The number of benzene rings is 1. The van der Waals surface area contributed by atoms with Gasteiger partial charge >= 0.3 is 5.97 Å². The predicted octanol–water partition coefficient (Wildman–Crippen LogP) is 2.87. The lowest BCUT2D eigenvalue weighted by molar-refractivity contribution is -0.132. The largest absolute Gasteiger partial charge is 0.496 e. The molecule has 0 aliphatic rings. The van der Waals surface area contributed by atoms with Crippen LogP contribution in [0.2, 0.25) is 0 Å². The fourth-order valence-corrected chi connectivity index (χ4v) is 1.91. The molecule has 0 radical (unpaired) electrons. The maximum Gasteiger partial charge on any atom is 0.346 e. The summed E-state index contributed by atoms with van der Waals surface area (Å²) < 4.78 is 5.29. The summed E-state index contributed by atoms with van der Waals surface area (Å²) in [5.74, 6) is -0.779. The quantitative estimate of drug-likeness (QED) is 0.454. The van der Waals surface area contributed by atoms with Crippen molar-refractivity contribution in [2.45, 2.75) is 0 Å². The van der Waals surface area contributed by atoms with Crippen LogP contribution in [0, 0.1) is 11.3 Å². The van der Waals surface area contributed by atoms with E-state index >= 15 is 0 Å². The second-order valence-corrected chi connectivity index (χ2v) is 4.38. The molecule has 0 heterocycles. The normalized spacial score (nSPS) is 10.5. The van der Waals surface area contributed by atoms with Gasteiger partial charge in [0.25, 0.3) is 0 Å². The number of hydrogen-bond acceptors (Lipinski definition) is 4. The van der Waals surface area contributed by atoms with Gasteiger partial charge in [0.15, 0.2) is 0 Å². The van der Waals surface area contributed by atoms with Crippen LogP contribution >= 0.6 is 0 Å². The van der Waals surface area contributed by atoms with Crippen molar-refractivity contribution in [1.82, 2.24) is 0 Å².